The van der Waals surface area contributed by atoms with Crippen LogP contribution in [0.3, 0.4) is 0 Å². The molecule has 2 aliphatic heterocycles. The Balaban J connectivity index is 1.95. The molecule has 0 aromatic carbocycles. The van der Waals surface area contributed by atoms with E-state index in [1.165, 1.54) is 18.4 Å². The molecule has 5 nitrogen and oxygen atoms in total. The van der Waals surface area contributed by atoms with Crippen molar-refractivity contribution in [2.75, 3.05) is 24.5 Å². The summed E-state index contributed by atoms with van der Waals surface area (Å²) in [5.74, 6) is 1.70. The van der Waals surface area contributed by atoms with Gasteiger partial charge in [-0.05, 0) is 18.8 Å². The maximum Gasteiger partial charge on any atom is 0.347 e. The molecule has 1 aromatic heterocycles. The Labute approximate surface area is 107 Å². The lowest BCUT2D eigenvalue weighted by Gasteiger charge is -2.33. The van der Waals surface area contributed by atoms with Gasteiger partial charge < -0.3 is 15.2 Å². The molecule has 0 atom stereocenters. The van der Waals surface area contributed by atoms with Gasteiger partial charge in [-0.25, -0.2) is 4.79 Å². The molecule has 3 heterocycles. The van der Waals surface area contributed by atoms with E-state index in [0.29, 0.717) is 0 Å². The molecule has 0 saturated carbocycles. The van der Waals surface area contributed by atoms with Crippen molar-refractivity contribution >= 4 is 5.82 Å². The van der Waals surface area contributed by atoms with Gasteiger partial charge in [-0.2, -0.15) is 4.98 Å². The van der Waals surface area contributed by atoms with Crippen molar-refractivity contribution in [2.45, 2.75) is 32.7 Å². The third-order valence-electron chi connectivity index (χ3n) is 4.04. The minimum Gasteiger partial charge on any atom is -0.356 e. The summed E-state index contributed by atoms with van der Waals surface area (Å²) in [4.78, 5) is 21.0. The van der Waals surface area contributed by atoms with E-state index in [-0.39, 0.29) is 5.69 Å². The number of hydrogen-bond donors (Lipinski definition) is 2. The van der Waals surface area contributed by atoms with Crippen molar-refractivity contribution in [3.05, 3.63) is 21.7 Å². The largest absolute Gasteiger partial charge is 0.356 e. The van der Waals surface area contributed by atoms with Gasteiger partial charge in [-0.3, -0.25) is 0 Å². The molecule has 2 N–H and O–H groups in total. The van der Waals surface area contributed by atoms with E-state index in [0.717, 1.165) is 50.0 Å². The van der Waals surface area contributed by atoms with Crippen LogP contribution in [0.1, 0.15) is 31.0 Å². The molecule has 0 bridgehead atoms. The van der Waals surface area contributed by atoms with E-state index in [2.05, 4.69) is 27.1 Å². The highest BCUT2D eigenvalue weighted by Gasteiger charge is 2.23. The van der Waals surface area contributed by atoms with Gasteiger partial charge in [-0.1, -0.05) is 6.92 Å². The SMILES string of the molecule is CC1CCN(c2nc(=O)[nH]c3c2CNCC3)CC1. The lowest BCUT2D eigenvalue weighted by molar-refractivity contribution is 0.434. The summed E-state index contributed by atoms with van der Waals surface area (Å²) in [6, 6.07) is 0. The summed E-state index contributed by atoms with van der Waals surface area (Å²) in [6.07, 6.45) is 3.28. The van der Waals surface area contributed by atoms with Crippen LogP contribution < -0.4 is 15.9 Å². The average Bonchev–Trinajstić information content (AvgIpc) is 2.38. The van der Waals surface area contributed by atoms with Crippen molar-refractivity contribution in [1.82, 2.24) is 15.3 Å². The third kappa shape index (κ3) is 2.14. The lowest BCUT2D eigenvalue weighted by atomic mass is 9.98. The van der Waals surface area contributed by atoms with E-state index in [1.54, 1.807) is 0 Å². The van der Waals surface area contributed by atoms with Crippen molar-refractivity contribution in [3.63, 3.8) is 0 Å². The van der Waals surface area contributed by atoms with Crippen molar-refractivity contribution < 1.29 is 0 Å². The number of nitrogens with zero attached hydrogens (tertiary/aromatic N) is 2. The Morgan fingerprint density at radius 1 is 1.33 bits per heavy atom. The van der Waals surface area contributed by atoms with E-state index < -0.39 is 0 Å². The van der Waals surface area contributed by atoms with Crippen LogP contribution in [0.5, 0.6) is 0 Å². The maximum atomic E-state index is 11.7. The number of aromatic amines is 1. The Hall–Kier alpha value is -1.36. The number of H-pyrrole nitrogens is 1. The maximum absolute atomic E-state index is 11.7. The fourth-order valence-corrected chi connectivity index (χ4v) is 2.84. The minimum atomic E-state index is -0.204. The average molecular weight is 248 g/mol. The molecule has 18 heavy (non-hydrogen) atoms. The molecular weight excluding hydrogens is 228 g/mol. The van der Waals surface area contributed by atoms with Crippen LogP contribution in [0.2, 0.25) is 0 Å². The van der Waals surface area contributed by atoms with Crippen molar-refractivity contribution in [2.24, 2.45) is 5.92 Å². The fraction of sp³-hybridized carbons (Fsp3) is 0.692. The Kier molecular flexibility index (Phi) is 3.07. The molecule has 0 radical (unpaired) electrons. The van der Waals surface area contributed by atoms with Gasteiger partial charge in [0.2, 0.25) is 0 Å². The van der Waals surface area contributed by atoms with Crippen LogP contribution in [-0.2, 0) is 13.0 Å². The lowest BCUT2D eigenvalue weighted by Crippen LogP contribution is -2.38. The smallest absolute Gasteiger partial charge is 0.347 e. The topological polar surface area (TPSA) is 61.0 Å². The first-order chi connectivity index (χ1) is 8.74. The first kappa shape index (κ1) is 11.7. The van der Waals surface area contributed by atoms with Gasteiger partial charge in [0.15, 0.2) is 0 Å². The summed E-state index contributed by atoms with van der Waals surface area (Å²) in [5, 5.41) is 3.36. The minimum absolute atomic E-state index is 0.204. The molecule has 98 valence electrons. The van der Waals surface area contributed by atoms with Crippen LogP contribution in [0, 0.1) is 5.92 Å². The number of anilines is 1. The molecule has 5 heteroatoms. The first-order valence-electron chi connectivity index (χ1n) is 6.82. The number of hydrogen-bond acceptors (Lipinski definition) is 4. The number of fused-ring (bicyclic) bond motifs is 1. The molecule has 1 aromatic rings. The van der Waals surface area contributed by atoms with Gasteiger partial charge in [0.25, 0.3) is 0 Å². The molecular formula is C13H20N4O. The Morgan fingerprint density at radius 3 is 2.89 bits per heavy atom. The number of aromatic nitrogens is 2. The second-order valence-corrected chi connectivity index (χ2v) is 5.42. The standard InChI is InChI=1S/C13H20N4O/c1-9-3-6-17(7-4-9)12-10-8-14-5-2-11(10)15-13(18)16-12/h9,14H,2-8H2,1H3,(H,15,16,18). The van der Waals surface area contributed by atoms with E-state index in [9.17, 15) is 4.79 Å². The summed E-state index contributed by atoms with van der Waals surface area (Å²) in [5.41, 5.74) is 2.06. The molecule has 0 amide bonds. The number of rotatable bonds is 1. The van der Waals surface area contributed by atoms with Crippen LogP contribution in [0.4, 0.5) is 5.82 Å². The first-order valence-corrected chi connectivity index (χ1v) is 6.82. The zero-order valence-electron chi connectivity index (χ0n) is 10.8. The van der Waals surface area contributed by atoms with Crippen LogP contribution in [0.25, 0.3) is 0 Å². The van der Waals surface area contributed by atoms with E-state index >= 15 is 0 Å². The predicted octanol–water partition coefficient (Wildman–Crippen LogP) is 0.652. The monoisotopic (exact) mass is 248 g/mol. The fourth-order valence-electron chi connectivity index (χ4n) is 2.84. The van der Waals surface area contributed by atoms with Crippen LogP contribution >= 0.6 is 0 Å². The Bertz CT molecular complexity index is 488. The highest BCUT2D eigenvalue weighted by atomic mass is 16.1. The molecule has 2 aliphatic rings. The van der Waals surface area contributed by atoms with Gasteiger partial charge >= 0.3 is 5.69 Å². The quantitative estimate of drug-likeness (QED) is 0.766. The van der Waals surface area contributed by atoms with Gasteiger partial charge in [0, 0.05) is 43.9 Å². The van der Waals surface area contributed by atoms with Gasteiger partial charge in [-0.15, -0.1) is 0 Å². The third-order valence-corrected chi connectivity index (χ3v) is 4.04. The second kappa shape index (κ2) is 4.72. The molecule has 1 saturated heterocycles. The molecule has 0 aliphatic carbocycles. The number of piperidine rings is 1. The molecule has 3 rings (SSSR count). The van der Waals surface area contributed by atoms with Crippen molar-refractivity contribution in [3.8, 4) is 0 Å². The van der Waals surface area contributed by atoms with Gasteiger partial charge in [0.1, 0.15) is 5.82 Å². The normalized spacial score (nSPS) is 20.8. The van der Waals surface area contributed by atoms with E-state index in [4.69, 9.17) is 0 Å². The summed E-state index contributed by atoms with van der Waals surface area (Å²) in [6.45, 7) is 6.08. The highest BCUT2D eigenvalue weighted by molar-refractivity contribution is 5.49. The Morgan fingerprint density at radius 2 is 2.11 bits per heavy atom. The molecule has 1 fully saturated rings. The zero-order chi connectivity index (χ0) is 12.5. The molecule has 0 unspecified atom stereocenters. The van der Waals surface area contributed by atoms with Crippen LogP contribution in [0.15, 0.2) is 4.79 Å². The molecule has 0 spiro atoms. The summed E-state index contributed by atoms with van der Waals surface area (Å²) < 4.78 is 0. The summed E-state index contributed by atoms with van der Waals surface area (Å²) >= 11 is 0. The van der Waals surface area contributed by atoms with Crippen LogP contribution in [-0.4, -0.2) is 29.6 Å². The van der Waals surface area contributed by atoms with E-state index in [1.807, 2.05) is 0 Å². The zero-order valence-corrected chi connectivity index (χ0v) is 10.8. The highest BCUT2D eigenvalue weighted by Crippen LogP contribution is 2.25. The second-order valence-electron chi connectivity index (χ2n) is 5.42. The van der Waals surface area contributed by atoms with Crippen molar-refractivity contribution in [1.29, 1.82) is 0 Å². The number of nitrogens with one attached hydrogen (secondary N) is 2. The summed E-state index contributed by atoms with van der Waals surface area (Å²) in [7, 11) is 0. The van der Waals surface area contributed by atoms with Gasteiger partial charge in [0.05, 0.1) is 0 Å². The predicted molar refractivity (Wildman–Crippen MR) is 70.9 cm³/mol.